The Morgan fingerprint density at radius 3 is 1.58 bits per heavy atom. The van der Waals surface area contributed by atoms with E-state index in [1.54, 1.807) is 0 Å². The second-order valence-electron chi connectivity index (χ2n) is 20.9. The highest BCUT2D eigenvalue weighted by Crippen LogP contribution is 2.47. The molecule has 0 aliphatic carbocycles. The molecule has 0 unspecified atom stereocenters. The molecule has 1 aliphatic heterocycles. The van der Waals surface area contributed by atoms with E-state index in [2.05, 4.69) is 252 Å². The number of hydrogen-bond acceptors (Lipinski definition) is 6. The molecule has 3 aromatic heterocycles. The summed E-state index contributed by atoms with van der Waals surface area (Å²) in [5, 5.41) is 11.8. The van der Waals surface area contributed by atoms with Gasteiger partial charge in [-0.05, 0) is 154 Å². The molecule has 4 heterocycles. The van der Waals surface area contributed by atoms with Gasteiger partial charge in [0.05, 0.1) is 11.4 Å². The van der Waals surface area contributed by atoms with Crippen molar-refractivity contribution in [1.29, 1.82) is 0 Å². The van der Waals surface area contributed by atoms with Gasteiger partial charge in [-0.3, -0.25) is 0 Å². The molecule has 7 heteroatoms. The van der Waals surface area contributed by atoms with Gasteiger partial charge in [-0.25, -0.2) is 0 Å². The van der Waals surface area contributed by atoms with E-state index < -0.39 is 0 Å². The lowest BCUT2D eigenvalue weighted by Crippen LogP contribution is -2.57. The minimum absolute atomic E-state index is 0.137. The molecule has 0 saturated carbocycles. The summed E-state index contributed by atoms with van der Waals surface area (Å²) in [7, 11) is 0. The van der Waals surface area contributed by atoms with Crippen molar-refractivity contribution in [2.45, 2.75) is 0 Å². The number of furan rings is 3. The topological polar surface area (TPSA) is 57.9 Å². The fourth-order valence-corrected chi connectivity index (χ4v) is 12.2. The molecule has 0 bridgehead atoms. The van der Waals surface area contributed by atoms with Gasteiger partial charge in [0.2, 0.25) is 6.71 Å². The minimum atomic E-state index is -0.137. The van der Waals surface area contributed by atoms with Crippen molar-refractivity contribution in [2.75, 3.05) is 15.1 Å². The summed E-state index contributed by atoms with van der Waals surface area (Å²) < 4.78 is 19.1. The van der Waals surface area contributed by atoms with Gasteiger partial charge in [-0.1, -0.05) is 163 Å². The van der Waals surface area contributed by atoms with Crippen molar-refractivity contribution in [3.8, 4) is 34.0 Å². The van der Waals surface area contributed by atoms with E-state index in [-0.39, 0.29) is 6.71 Å². The number of rotatable bonds is 10. The van der Waals surface area contributed by atoms with Crippen LogP contribution in [-0.4, -0.2) is 6.71 Å². The summed E-state index contributed by atoms with van der Waals surface area (Å²) in [5.41, 5.74) is 17.4. The first-order valence-electron chi connectivity index (χ1n) is 27.5. The van der Waals surface area contributed by atoms with Crippen molar-refractivity contribution in [2.24, 2.45) is 0 Å². The van der Waals surface area contributed by atoms with E-state index in [4.69, 9.17) is 13.3 Å². The van der Waals surface area contributed by atoms with Gasteiger partial charge in [0.25, 0.3) is 0 Å². The van der Waals surface area contributed by atoms with Crippen LogP contribution in [-0.2, 0) is 0 Å². The van der Waals surface area contributed by atoms with E-state index in [0.29, 0.717) is 0 Å². The van der Waals surface area contributed by atoms with Crippen molar-refractivity contribution in [1.82, 2.24) is 0 Å². The molecule has 16 rings (SSSR count). The van der Waals surface area contributed by atoms with Gasteiger partial charge in [0.1, 0.15) is 34.0 Å². The number of nitrogens with one attached hydrogen (secondary N) is 1. The summed E-state index contributed by atoms with van der Waals surface area (Å²) in [6.45, 7) is -0.137. The molecule has 0 spiro atoms. The maximum atomic E-state index is 6.42. The van der Waals surface area contributed by atoms with Gasteiger partial charge in [-0.15, -0.1) is 0 Å². The molecule has 0 amide bonds. The molecule has 0 atom stereocenters. The van der Waals surface area contributed by atoms with E-state index in [9.17, 15) is 0 Å². The molecule has 0 fully saturated rings. The number of nitrogens with zero attached hydrogens (tertiary/aromatic N) is 2. The normalized spacial score (nSPS) is 12.1. The predicted octanol–water partition coefficient (Wildman–Crippen LogP) is 18.7. The van der Waals surface area contributed by atoms with Crippen LogP contribution in [0.3, 0.4) is 0 Å². The molecule has 12 aromatic carbocycles. The van der Waals surface area contributed by atoms with E-state index in [1.165, 1.54) is 10.9 Å². The average Bonchev–Trinajstić information content (AvgIpc) is 4.45. The first kappa shape index (κ1) is 46.4. The highest BCUT2D eigenvalue weighted by atomic mass is 16.3. The summed E-state index contributed by atoms with van der Waals surface area (Å²) in [4.78, 5) is 4.89. The molecule has 6 nitrogen and oxygen atoms in total. The van der Waals surface area contributed by atoms with E-state index in [1.807, 2.05) is 48.5 Å². The fraction of sp³-hybridized carbons (Fsp3) is 0. The van der Waals surface area contributed by atoms with Crippen LogP contribution in [0.4, 0.5) is 45.5 Å². The molecule has 81 heavy (non-hydrogen) atoms. The van der Waals surface area contributed by atoms with Gasteiger partial charge < -0.3 is 28.4 Å². The third-order valence-electron chi connectivity index (χ3n) is 16.1. The highest BCUT2D eigenvalue weighted by molar-refractivity contribution is 6.99. The zero-order valence-electron chi connectivity index (χ0n) is 43.8. The van der Waals surface area contributed by atoms with Crippen molar-refractivity contribution >= 4 is 123 Å². The van der Waals surface area contributed by atoms with Gasteiger partial charge in [0, 0.05) is 72.4 Å². The van der Waals surface area contributed by atoms with Gasteiger partial charge in [0.15, 0.2) is 0 Å². The molecule has 1 aliphatic rings. The zero-order valence-corrected chi connectivity index (χ0v) is 43.8. The smallest absolute Gasteiger partial charge is 0.249 e. The number of hydrogen-bond donors (Lipinski definition) is 1. The Morgan fingerprint density at radius 2 is 0.901 bits per heavy atom. The Kier molecular flexibility index (Phi) is 10.9. The summed E-state index contributed by atoms with van der Waals surface area (Å²) in [5.74, 6) is 2.51. The third-order valence-corrected chi connectivity index (χ3v) is 16.1. The predicted molar refractivity (Wildman–Crippen MR) is 337 cm³/mol. The Balaban J connectivity index is 0.917. The maximum Gasteiger partial charge on any atom is 0.249 e. The third kappa shape index (κ3) is 8.13. The Hall–Kier alpha value is -10.8. The summed E-state index contributed by atoms with van der Waals surface area (Å²) in [6.07, 6.45) is 0. The van der Waals surface area contributed by atoms with Crippen LogP contribution in [0.15, 0.2) is 298 Å². The van der Waals surface area contributed by atoms with Crippen LogP contribution in [0.2, 0.25) is 0 Å². The second kappa shape index (κ2) is 19.0. The SMILES string of the molecule is c1ccc(B2c3ccccc3N(c3ccc(-c4cc5ccccc5o4)cc3)c3cc(N(c4ccc5cc(-c6cc7ccccc7o6)ccc5c4)c4cccc5ccccc45)cc(Nc4ccc(-c5cc6ccccc6o5)cc4)c32)cc1. The van der Waals surface area contributed by atoms with Gasteiger partial charge in [-0.2, -0.15) is 0 Å². The molecule has 1 N–H and O–H groups in total. The standard InChI is InChI=1S/C74H48BN3O3/c1-2-20-57(21-3-1)75-63-23-9-10-24-66(63)78(59-38-33-50(34-39-59)72-44-54-17-6-12-27-69(54)80-72)67-47-61(46-64(74(67)75)76-58-36-31-49(32-37-58)71-43-53-16-5-11-26-68(53)79-71)77(65-25-14-19-48-15-4-8-22-62(48)65)60-40-35-51-41-56(30-29-52(51)42-60)73-45-55-18-7-13-28-70(55)81-73/h1-47,76H. The monoisotopic (exact) mass is 1040 g/mol. The lowest BCUT2D eigenvalue weighted by molar-refractivity contribution is 0.631. The molecule has 380 valence electrons. The van der Waals surface area contributed by atoms with E-state index >= 15 is 0 Å². The number of para-hydroxylation sites is 4. The van der Waals surface area contributed by atoms with Crippen molar-refractivity contribution in [3.63, 3.8) is 0 Å². The highest BCUT2D eigenvalue weighted by Gasteiger charge is 2.38. The first-order chi connectivity index (χ1) is 40.1. The van der Waals surface area contributed by atoms with Crippen LogP contribution in [0.25, 0.3) is 88.4 Å². The Labute approximate surface area is 468 Å². The van der Waals surface area contributed by atoms with Crippen molar-refractivity contribution in [3.05, 3.63) is 285 Å². The van der Waals surface area contributed by atoms with Gasteiger partial charge >= 0.3 is 0 Å². The Bertz CT molecular complexity index is 4780. The van der Waals surface area contributed by atoms with E-state index in [0.717, 1.165) is 139 Å². The maximum absolute atomic E-state index is 6.42. The van der Waals surface area contributed by atoms with Crippen LogP contribution in [0.5, 0.6) is 0 Å². The summed E-state index contributed by atoms with van der Waals surface area (Å²) >= 11 is 0. The average molecular weight is 1040 g/mol. The largest absolute Gasteiger partial charge is 0.456 e. The molecule has 0 radical (unpaired) electrons. The quantitative estimate of drug-likeness (QED) is 0.138. The van der Waals surface area contributed by atoms with Crippen LogP contribution >= 0.6 is 0 Å². The molecular weight excluding hydrogens is 990 g/mol. The Morgan fingerprint density at radius 1 is 0.358 bits per heavy atom. The molecule has 15 aromatic rings. The summed E-state index contributed by atoms with van der Waals surface area (Å²) in [6, 6.07) is 102. The fourth-order valence-electron chi connectivity index (χ4n) is 12.2. The number of anilines is 8. The zero-order chi connectivity index (χ0) is 53.4. The van der Waals surface area contributed by atoms with Crippen molar-refractivity contribution < 1.29 is 13.3 Å². The minimum Gasteiger partial charge on any atom is -0.456 e. The first-order valence-corrected chi connectivity index (χ1v) is 27.5. The number of benzene rings is 12. The lowest BCUT2D eigenvalue weighted by atomic mass is 9.34. The van der Waals surface area contributed by atoms with Crippen LogP contribution < -0.4 is 31.5 Å². The lowest BCUT2D eigenvalue weighted by Gasteiger charge is -2.39. The van der Waals surface area contributed by atoms with Crippen LogP contribution in [0.1, 0.15) is 0 Å². The van der Waals surface area contributed by atoms with Crippen LogP contribution in [0, 0.1) is 0 Å². The molecular formula is C74H48BN3O3. The number of fused-ring (bicyclic) bond motifs is 7. The second-order valence-corrected chi connectivity index (χ2v) is 20.9. The molecule has 0 saturated heterocycles.